The Bertz CT molecular complexity index is 1280. The third kappa shape index (κ3) is 5.85. The Hall–Kier alpha value is -4.18. The summed E-state index contributed by atoms with van der Waals surface area (Å²) >= 11 is 1.22. The first-order valence-corrected chi connectivity index (χ1v) is 11.4. The molecule has 1 N–H and O–H groups in total. The lowest BCUT2D eigenvalue weighted by Crippen LogP contribution is -2.12. The lowest BCUT2D eigenvalue weighted by atomic mass is 10.0. The van der Waals surface area contributed by atoms with Gasteiger partial charge in [0.2, 0.25) is 5.91 Å². The molecule has 9 nitrogen and oxygen atoms in total. The topological polar surface area (TPSA) is 117 Å². The molecule has 1 amide bonds. The zero-order valence-corrected chi connectivity index (χ0v) is 20.4. The number of hydrogen-bond donors (Lipinski definition) is 1. The molecule has 3 rings (SSSR count). The highest BCUT2D eigenvalue weighted by Crippen LogP contribution is 2.41. The van der Waals surface area contributed by atoms with Crippen LogP contribution in [0.15, 0.2) is 48.5 Å². The molecule has 3 aromatic rings. The number of esters is 1. The molecule has 10 heteroatoms. The number of non-ortho nitro benzene ring substituents is 1. The van der Waals surface area contributed by atoms with Gasteiger partial charge in [-0.1, -0.05) is 0 Å². The summed E-state index contributed by atoms with van der Waals surface area (Å²) in [6.45, 7) is 3.64. The summed E-state index contributed by atoms with van der Waals surface area (Å²) in [6.07, 6.45) is 2.93. The van der Waals surface area contributed by atoms with Crippen LogP contribution < -0.4 is 14.8 Å². The van der Waals surface area contributed by atoms with Gasteiger partial charge in [0.05, 0.1) is 25.7 Å². The molecule has 0 aliphatic carbocycles. The van der Waals surface area contributed by atoms with Crippen LogP contribution in [0.3, 0.4) is 0 Å². The van der Waals surface area contributed by atoms with E-state index in [1.54, 1.807) is 57.4 Å². The Labute approximate surface area is 206 Å². The Morgan fingerprint density at radius 1 is 1.11 bits per heavy atom. The highest BCUT2D eigenvalue weighted by molar-refractivity contribution is 7.17. The Balaban J connectivity index is 1.94. The van der Waals surface area contributed by atoms with Crippen LogP contribution in [0.1, 0.15) is 27.7 Å². The van der Waals surface area contributed by atoms with Gasteiger partial charge in [0.15, 0.2) is 0 Å². The maximum atomic E-state index is 12.8. The predicted molar refractivity (Wildman–Crippen MR) is 134 cm³/mol. The van der Waals surface area contributed by atoms with Crippen LogP contribution in [-0.2, 0) is 9.53 Å². The van der Waals surface area contributed by atoms with E-state index in [0.717, 1.165) is 4.88 Å². The van der Waals surface area contributed by atoms with Crippen molar-refractivity contribution in [3.63, 3.8) is 0 Å². The van der Waals surface area contributed by atoms with Gasteiger partial charge in [0, 0.05) is 40.3 Å². The van der Waals surface area contributed by atoms with E-state index in [9.17, 15) is 19.7 Å². The van der Waals surface area contributed by atoms with Crippen molar-refractivity contribution in [1.29, 1.82) is 0 Å². The van der Waals surface area contributed by atoms with Gasteiger partial charge in [-0.2, -0.15) is 0 Å². The van der Waals surface area contributed by atoms with Crippen LogP contribution in [-0.4, -0.2) is 37.6 Å². The van der Waals surface area contributed by atoms with E-state index in [2.05, 4.69) is 5.32 Å². The van der Waals surface area contributed by atoms with Crippen LogP contribution in [0.25, 0.3) is 17.2 Å². The molecule has 0 radical (unpaired) electrons. The lowest BCUT2D eigenvalue weighted by Gasteiger charge is -2.09. The molecule has 35 heavy (non-hydrogen) atoms. The number of nitro benzene ring substituents is 1. The lowest BCUT2D eigenvalue weighted by molar-refractivity contribution is -0.384. The summed E-state index contributed by atoms with van der Waals surface area (Å²) in [7, 11) is 3.07. The van der Waals surface area contributed by atoms with E-state index in [1.807, 2.05) is 0 Å². The fraction of sp³-hybridized carbons (Fsp3) is 0.200. The smallest absolute Gasteiger partial charge is 0.341 e. The number of ether oxygens (including phenoxy) is 3. The van der Waals surface area contributed by atoms with Gasteiger partial charge in [-0.15, -0.1) is 11.3 Å². The first kappa shape index (κ1) is 25.4. The molecule has 0 bridgehead atoms. The minimum absolute atomic E-state index is 0.0630. The average molecular weight is 497 g/mol. The van der Waals surface area contributed by atoms with Crippen molar-refractivity contribution >= 4 is 40.0 Å². The molecule has 0 aliphatic rings. The van der Waals surface area contributed by atoms with Crippen molar-refractivity contribution in [2.45, 2.75) is 13.8 Å². The fourth-order valence-electron chi connectivity index (χ4n) is 3.40. The number of amides is 1. The van der Waals surface area contributed by atoms with Gasteiger partial charge >= 0.3 is 5.97 Å². The number of carbonyl (C=O) groups excluding carboxylic acids is 2. The number of thiophene rings is 1. The van der Waals surface area contributed by atoms with E-state index in [0.29, 0.717) is 33.2 Å². The van der Waals surface area contributed by atoms with Crippen LogP contribution >= 0.6 is 11.3 Å². The van der Waals surface area contributed by atoms with Crippen molar-refractivity contribution in [3.05, 3.63) is 74.7 Å². The third-order valence-corrected chi connectivity index (χ3v) is 6.04. The number of nitrogens with one attached hydrogen (secondary N) is 1. The summed E-state index contributed by atoms with van der Waals surface area (Å²) < 4.78 is 15.8. The molecule has 0 saturated heterocycles. The highest BCUT2D eigenvalue weighted by Gasteiger charge is 2.25. The third-order valence-electron chi connectivity index (χ3n) is 5.02. The number of anilines is 1. The quantitative estimate of drug-likeness (QED) is 0.180. The van der Waals surface area contributed by atoms with Gasteiger partial charge in [0.1, 0.15) is 22.1 Å². The highest BCUT2D eigenvalue weighted by atomic mass is 32.1. The first-order chi connectivity index (χ1) is 16.8. The average Bonchev–Trinajstić information content (AvgIpc) is 3.18. The summed E-state index contributed by atoms with van der Waals surface area (Å²) in [5, 5.41) is 14.1. The maximum Gasteiger partial charge on any atom is 0.341 e. The van der Waals surface area contributed by atoms with Crippen molar-refractivity contribution < 1.29 is 28.7 Å². The molecular weight excluding hydrogens is 472 g/mol. The van der Waals surface area contributed by atoms with E-state index in [-0.39, 0.29) is 17.9 Å². The van der Waals surface area contributed by atoms with Gasteiger partial charge in [-0.25, -0.2) is 4.79 Å². The number of hydrogen-bond acceptors (Lipinski definition) is 8. The standard InChI is InChI=1S/C25H24N2O7S/c1-5-34-25(29)23-22(17-6-10-18(11-7-17)27(30)31)15(2)35-24(23)26-21(28)13-9-16-8-12-19(32-3)14-20(16)33-4/h6-14H,5H2,1-4H3,(H,26,28). The molecule has 182 valence electrons. The number of benzene rings is 2. The number of methoxy groups -OCH3 is 2. The van der Waals surface area contributed by atoms with E-state index in [4.69, 9.17) is 14.2 Å². The zero-order valence-electron chi connectivity index (χ0n) is 19.6. The number of carbonyl (C=O) groups is 2. The summed E-state index contributed by atoms with van der Waals surface area (Å²) in [5.74, 6) is 0.106. The largest absolute Gasteiger partial charge is 0.497 e. The minimum atomic E-state index is -0.596. The van der Waals surface area contributed by atoms with Crippen molar-refractivity contribution in [3.8, 4) is 22.6 Å². The monoisotopic (exact) mass is 496 g/mol. The fourth-order valence-corrected chi connectivity index (χ4v) is 4.47. The molecule has 0 spiro atoms. The minimum Gasteiger partial charge on any atom is -0.497 e. The molecule has 0 saturated carbocycles. The number of nitrogens with zero attached hydrogens (tertiary/aromatic N) is 1. The van der Waals surface area contributed by atoms with Gasteiger partial charge in [-0.05, 0) is 49.8 Å². The van der Waals surface area contributed by atoms with Crippen LogP contribution in [0.4, 0.5) is 10.7 Å². The Morgan fingerprint density at radius 3 is 2.43 bits per heavy atom. The van der Waals surface area contributed by atoms with Gasteiger partial charge < -0.3 is 19.5 Å². The second-order valence-corrected chi connectivity index (χ2v) is 8.42. The first-order valence-electron chi connectivity index (χ1n) is 10.5. The number of aryl methyl sites for hydroxylation is 1. The molecule has 2 aromatic carbocycles. The Morgan fingerprint density at radius 2 is 1.83 bits per heavy atom. The van der Waals surface area contributed by atoms with Crippen molar-refractivity contribution in [2.24, 2.45) is 0 Å². The van der Waals surface area contributed by atoms with Crippen molar-refractivity contribution in [2.75, 3.05) is 26.1 Å². The maximum absolute atomic E-state index is 12.8. The predicted octanol–water partition coefficient (Wildman–Crippen LogP) is 5.48. The van der Waals surface area contributed by atoms with E-state index < -0.39 is 16.8 Å². The van der Waals surface area contributed by atoms with Gasteiger partial charge in [0.25, 0.3) is 5.69 Å². The number of nitro groups is 1. The molecule has 0 aliphatic heterocycles. The zero-order chi connectivity index (χ0) is 25.5. The molecule has 1 aromatic heterocycles. The summed E-state index contributed by atoms with van der Waals surface area (Å²) in [6, 6.07) is 11.1. The van der Waals surface area contributed by atoms with E-state index >= 15 is 0 Å². The summed E-state index contributed by atoms with van der Waals surface area (Å²) in [5.41, 5.74) is 1.97. The number of rotatable bonds is 9. The van der Waals surface area contributed by atoms with Crippen LogP contribution in [0.2, 0.25) is 0 Å². The SMILES string of the molecule is CCOC(=O)c1c(NC(=O)C=Cc2ccc(OC)cc2OC)sc(C)c1-c1ccc([N+](=O)[O-])cc1. The van der Waals surface area contributed by atoms with Gasteiger partial charge in [-0.3, -0.25) is 14.9 Å². The second kappa shape index (κ2) is 11.3. The van der Waals surface area contributed by atoms with Crippen LogP contribution in [0.5, 0.6) is 11.5 Å². The molecular formula is C25H24N2O7S. The molecule has 1 heterocycles. The normalized spacial score (nSPS) is 10.7. The second-order valence-electron chi connectivity index (χ2n) is 7.19. The molecule has 0 unspecified atom stereocenters. The van der Waals surface area contributed by atoms with Crippen molar-refractivity contribution in [1.82, 2.24) is 0 Å². The van der Waals surface area contributed by atoms with E-state index in [1.165, 1.54) is 36.7 Å². The summed E-state index contributed by atoms with van der Waals surface area (Å²) in [4.78, 5) is 36.8. The Kier molecular flexibility index (Phi) is 8.21. The molecule has 0 atom stereocenters. The molecule has 0 fully saturated rings. The van der Waals surface area contributed by atoms with Crippen LogP contribution in [0, 0.1) is 17.0 Å².